The molecular weight excluding hydrogens is 328 g/mol. The summed E-state index contributed by atoms with van der Waals surface area (Å²) in [5.41, 5.74) is 3.23. The molecule has 0 atom stereocenters. The Hall–Kier alpha value is -3.00. The largest absolute Gasteiger partial charge is 0.362 e. The summed E-state index contributed by atoms with van der Waals surface area (Å²) in [6.45, 7) is 2.24. The van der Waals surface area contributed by atoms with Crippen molar-refractivity contribution in [3.05, 3.63) is 47.4 Å². The fourth-order valence-corrected chi connectivity index (χ4v) is 2.95. The van der Waals surface area contributed by atoms with Crippen LogP contribution in [0.25, 0.3) is 11.4 Å². The van der Waals surface area contributed by atoms with Crippen LogP contribution in [-0.4, -0.2) is 45.8 Å². The molecule has 0 bridgehead atoms. The number of nitrogens with zero attached hydrogens (tertiary/aromatic N) is 5. The van der Waals surface area contributed by atoms with E-state index in [1.807, 2.05) is 49.3 Å². The first-order chi connectivity index (χ1) is 12.7. The second kappa shape index (κ2) is 7.09. The molecule has 0 radical (unpaired) electrons. The van der Waals surface area contributed by atoms with Gasteiger partial charge in [-0.15, -0.1) is 0 Å². The molecule has 3 heterocycles. The van der Waals surface area contributed by atoms with Crippen molar-refractivity contribution in [2.75, 3.05) is 30.9 Å². The average molecular weight is 350 g/mol. The third-order valence-electron chi connectivity index (χ3n) is 4.31. The Bertz CT molecular complexity index is 887. The molecule has 26 heavy (non-hydrogen) atoms. The maximum atomic E-state index is 4.68. The number of aromatic amines is 1. The van der Waals surface area contributed by atoms with Gasteiger partial charge in [-0.2, -0.15) is 10.1 Å². The summed E-state index contributed by atoms with van der Waals surface area (Å²) in [6.07, 6.45) is 0.914. The van der Waals surface area contributed by atoms with Gasteiger partial charge in [0.1, 0.15) is 11.6 Å². The van der Waals surface area contributed by atoms with Gasteiger partial charge in [-0.05, 0) is 13.0 Å². The zero-order valence-electron chi connectivity index (χ0n) is 15.0. The number of benzene rings is 1. The highest BCUT2D eigenvalue weighted by molar-refractivity contribution is 5.54. The van der Waals surface area contributed by atoms with E-state index >= 15 is 0 Å². The number of aromatic nitrogens is 5. The minimum atomic E-state index is 0.531. The molecule has 0 spiro atoms. The first-order valence-electron chi connectivity index (χ1n) is 8.69. The van der Waals surface area contributed by atoms with Crippen LogP contribution in [0.3, 0.4) is 0 Å². The van der Waals surface area contributed by atoms with Gasteiger partial charge in [-0.3, -0.25) is 5.10 Å². The number of anilines is 2. The van der Waals surface area contributed by atoms with Crippen molar-refractivity contribution in [3.63, 3.8) is 0 Å². The van der Waals surface area contributed by atoms with Gasteiger partial charge in [-0.1, -0.05) is 30.3 Å². The van der Waals surface area contributed by atoms with Crippen molar-refractivity contribution in [1.82, 2.24) is 30.5 Å². The summed E-state index contributed by atoms with van der Waals surface area (Å²) in [4.78, 5) is 15.8. The van der Waals surface area contributed by atoms with Gasteiger partial charge >= 0.3 is 0 Å². The van der Waals surface area contributed by atoms with Gasteiger partial charge in [0, 0.05) is 31.8 Å². The zero-order valence-corrected chi connectivity index (χ0v) is 15.0. The highest BCUT2D eigenvalue weighted by Crippen LogP contribution is 2.23. The lowest BCUT2D eigenvalue weighted by Gasteiger charge is -2.22. The molecule has 3 N–H and O–H groups in total. The monoisotopic (exact) mass is 350 g/mol. The van der Waals surface area contributed by atoms with Crippen LogP contribution < -0.4 is 15.5 Å². The molecule has 0 aliphatic carbocycles. The van der Waals surface area contributed by atoms with E-state index in [1.165, 1.54) is 5.56 Å². The fraction of sp³-hybridized carbons (Fsp3) is 0.333. The third-order valence-corrected chi connectivity index (χ3v) is 4.31. The Morgan fingerprint density at radius 2 is 1.96 bits per heavy atom. The molecule has 1 aromatic carbocycles. The lowest BCUT2D eigenvalue weighted by atomic mass is 10.1. The molecule has 0 amide bonds. The third kappa shape index (κ3) is 3.36. The summed E-state index contributed by atoms with van der Waals surface area (Å²) in [6, 6.07) is 9.93. The molecule has 1 aliphatic heterocycles. The molecular formula is C18H22N8. The van der Waals surface area contributed by atoms with Crippen LogP contribution in [0.2, 0.25) is 0 Å². The van der Waals surface area contributed by atoms with Crippen molar-refractivity contribution in [1.29, 1.82) is 0 Å². The van der Waals surface area contributed by atoms with Gasteiger partial charge in [0.05, 0.1) is 12.2 Å². The number of hydrogen-bond acceptors (Lipinski definition) is 7. The fourth-order valence-electron chi connectivity index (χ4n) is 2.95. The maximum Gasteiger partial charge on any atom is 0.227 e. The molecule has 0 saturated heterocycles. The Labute approximate surface area is 152 Å². The Morgan fingerprint density at radius 3 is 2.77 bits per heavy atom. The van der Waals surface area contributed by atoms with Crippen molar-refractivity contribution in [2.24, 2.45) is 0 Å². The van der Waals surface area contributed by atoms with Crippen LogP contribution in [0.15, 0.2) is 30.3 Å². The Kier molecular flexibility index (Phi) is 4.49. The van der Waals surface area contributed by atoms with Crippen LogP contribution in [0.4, 0.5) is 11.8 Å². The SMILES string of the molecule is CN(C)c1nc2c(c(NCc3nc(-c4ccccc4)n[nH]3)n1)CCNC2. The summed E-state index contributed by atoms with van der Waals surface area (Å²) in [7, 11) is 3.90. The average Bonchev–Trinajstić information content (AvgIpc) is 3.15. The van der Waals surface area contributed by atoms with Crippen LogP contribution in [0.1, 0.15) is 17.1 Å². The summed E-state index contributed by atoms with van der Waals surface area (Å²) >= 11 is 0. The van der Waals surface area contributed by atoms with Gasteiger partial charge < -0.3 is 15.5 Å². The van der Waals surface area contributed by atoms with E-state index in [9.17, 15) is 0 Å². The van der Waals surface area contributed by atoms with E-state index in [1.54, 1.807) is 0 Å². The van der Waals surface area contributed by atoms with Crippen molar-refractivity contribution in [2.45, 2.75) is 19.5 Å². The first-order valence-corrected chi connectivity index (χ1v) is 8.69. The predicted octanol–water partition coefficient (Wildman–Crippen LogP) is 1.59. The molecule has 0 saturated carbocycles. The summed E-state index contributed by atoms with van der Waals surface area (Å²) < 4.78 is 0. The summed E-state index contributed by atoms with van der Waals surface area (Å²) in [5, 5.41) is 14.1. The molecule has 4 rings (SSSR count). The maximum absolute atomic E-state index is 4.68. The van der Waals surface area contributed by atoms with E-state index < -0.39 is 0 Å². The normalized spacial score (nSPS) is 13.3. The van der Waals surface area contributed by atoms with E-state index in [4.69, 9.17) is 0 Å². The number of hydrogen-bond donors (Lipinski definition) is 3. The molecule has 3 aromatic rings. The minimum Gasteiger partial charge on any atom is -0.362 e. The number of fused-ring (bicyclic) bond motifs is 1. The van der Waals surface area contributed by atoms with Crippen LogP contribution >= 0.6 is 0 Å². The lowest BCUT2D eigenvalue weighted by molar-refractivity contribution is 0.623. The van der Waals surface area contributed by atoms with Crippen LogP contribution in [-0.2, 0) is 19.5 Å². The highest BCUT2D eigenvalue weighted by atomic mass is 15.3. The van der Waals surface area contributed by atoms with Crippen molar-refractivity contribution in [3.8, 4) is 11.4 Å². The van der Waals surface area contributed by atoms with Crippen molar-refractivity contribution < 1.29 is 0 Å². The second-order valence-electron chi connectivity index (χ2n) is 6.44. The smallest absolute Gasteiger partial charge is 0.227 e. The van der Waals surface area contributed by atoms with E-state index in [0.29, 0.717) is 18.3 Å². The highest BCUT2D eigenvalue weighted by Gasteiger charge is 2.18. The number of nitrogens with one attached hydrogen (secondary N) is 3. The number of H-pyrrole nitrogens is 1. The molecule has 2 aromatic heterocycles. The van der Waals surface area contributed by atoms with E-state index in [0.717, 1.165) is 42.4 Å². The Morgan fingerprint density at radius 1 is 1.12 bits per heavy atom. The van der Waals surface area contributed by atoms with E-state index in [2.05, 4.69) is 35.8 Å². The zero-order chi connectivity index (χ0) is 17.9. The van der Waals surface area contributed by atoms with Gasteiger partial charge in [0.25, 0.3) is 0 Å². The van der Waals surface area contributed by atoms with Crippen LogP contribution in [0.5, 0.6) is 0 Å². The Balaban J connectivity index is 1.55. The molecule has 8 nitrogen and oxygen atoms in total. The molecule has 134 valence electrons. The molecule has 1 aliphatic rings. The van der Waals surface area contributed by atoms with Gasteiger partial charge in [0.2, 0.25) is 5.95 Å². The van der Waals surface area contributed by atoms with Gasteiger partial charge in [0.15, 0.2) is 5.82 Å². The molecule has 0 unspecified atom stereocenters. The molecule has 0 fully saturated rings. The quantitative estimate of drug-likeness (QED) is 0.643. The topological polar surface area (TPSA) is 94.7 Å². The predicted molar refractivity (Wildman–Crippen MR) is 101 cm³/mol. The first kappa shape index (κ1) is 16.5. The number of rotatable bonds is 5. The summed E-state index contributed by atoms with van der Waals surface area (Å²) in [5.74, 6) is 3.05. The lowest BCUT2D eigenvalue weighted by Crippen LogP contribution is -2.28. The van der Waals surface area contributed by atoms with E-state index in [-0.39, 0.29) is 0 Å². The van der Waals surface area contributed by atoms with Gasteiger partial charge in [-0.25, -0.2) is 9.97 Å². The standard InChI is InChI=1S/C18H22N8/c1-26(2)18-21-14-10-19-9-8-13(14)17(23-18)20-11-15-22-16(25-24-15)12-6-4-3-5-7-12/h3-7,19H,8-11H2,1-2H3,(H,20,21,23)(H,22,24,25). The van der Waals surface area contributed by atoms with Crippen molar-refractivity contribution >= 4 is 11.8 Å². The minimum absolute atomic E-state index is 0.531. The van der Waals surface area contributed by atoms with Crippen LogP contribution in [0, 0.1) is 0 Å². The second-order valence-corrected chi connectivity index (χ2v) is 6.44. The molecule has 8 heteroatoms.